The monoisotopic (exact) mass is 522 g/mol. The van der Waals surface area contributed by atoms with Crippen LogP contribution in [0.1, 0.15) is 34.5 Å². The molecule has 4 aromatic rings. The minimum absolute atomic E-state index is 0.0573. The number of rotatable bonds is 6. The molecule has 36 heavy (non-hydrogen) atoms. The van der Waals surface area contributed by atoms with Gasteiger partial charge in [0.25, 0.3) is 21.8 Å². The van der Waals surface area contributed by atoms with Crippen LogP contribution in [-0.2, 0) is 21.9 Å². The molecule has 2 heterocycles. The van der Waals surface area contributed by atoms with E-state index in [-0.39, 0.29) is 10.8 Å². The smallest absolute Gasteiger partial charge is 0.257 e. The van der Waals surface area contributed by atoms with Crippen LogP contribution in [0.2, 0.25) is 5.02 Å². The van der Waals surface area contributed by atoms with Crippen molar-refractivity contribution in [3.05, 3.63) is 101 Å². The summed E-state index contributed by atoms with van der Waals surface area (Å²) in [6, 6.07) is 19.2. The van der Waals surface area contributed by atoms with Gasteiger partial charge in [0, 0.05) is 40.3 Å². The van der Waals surface area contributed by atoms with Crippen molar-refractivity contribution in [1.29, 1.82) is 0 Å². The molecule has 0 saturated carbocycles. The van der Waals surface area contributed by atoms with E-state index in [0.717, 1.165) is 22.0 Å². The van der Waals surface area contributed by atoms with Gasteiger partial charge < -0.3 is 9.47 Å². The Morgan fingerprint density at radius 2 is 1.64 bits per heavy atom. The first-order valence-electron chi connectivity index (χ1n) is 11.2. The van der Waals surface area contributed by atoms with E-state index in [9.17, 15) is 18.0 Å². The molecule has 2 atom stereocenters. The van der Waals surface area contributed by atoms with Crippen LogP contribution in [-0.4, -0.2) is 35.7 Å². The molecule has 1 aliphatic rings. The average Bonchev–Trinajstić information content (AvgIpc) is 3.36. The number of hydrogen-bond donors (Lipinski definition) is 2. The highest BCUT2D eigenvalue weighted by molar-refractivity contribution is 7.89. The summed E-state index contributed by atoms with van der Waals surface area (Å²) in [5.74, 6) is -0.967. The zero-order valence-electron chi connectivity index (χ0n) is 19.5. The lowest BCUT2D eigenvalue weighted by atomic mass is 9.97. The number of aryl methyl sites for hydroxylation is 1. The molecule has 0 fully saturated rings. The lowest BCUT2D eigenvalue weighted by Gasteiger charge is -2.30. The molecule has 0 aliphatic carbocycles. The molecule has 1 aliphatic heterocycles. The summed E-state index contributed by atoms with van der Waals surface area (Å²) in [5.41, 5.74) is 5.45. The zero-order valence-corrected chi connectivity index (χ0v) is 21.0. The highest BCUT2D eigenvalue weighted by atomic mass is 35.5. The minimum Gasteiger partial charge on any atom is -0.350 e. The number of amides is 2. The first kappa shape index (κ1) is 24.1. The molecule has 0 spiro atoms. The molecule has 2 amide bonds. The van der Waals surface area contributed by atoms with Crippen molar-refractivity contribution in [1.82, 2.24) is 19.7 Å². The summed E-state index contributed by atoms with van der Waals surface area (Å²) >= 11 is 5.83. The number of halogens is 1. The quantitative estimate of drug-likeness (QED) is 0.376. The number of fused-ring (bicyclic) bond motifs is 2. The van der Waals surface area contributed by atoms with Crippen molar-refractivity contribution in [3.8, 4) is 0 Å². The Labute approximate surface area is 213 Å². The van der Waals surface area contributed by atoms with Gasteiger partial charge in [-0.3, -0.25) is 15.0 Å². The van der Waals surface area contributed by atoms with E-state index in [2.05, 4.69) is 10.3 Å². The Morgan fingerprint density at radius 3 is 2.39 bits per heavy atom. The van der Waals surface area contributed by atoms with E-state index < -0.39 is 28.0 Å². The number of nitrogens with one attached hydrogen (secondary N) is 2. The summed E-state index contributed by atoms with van der Waals surface area (Å²) in [5, 5.41) is 1.36. The lowest BCUT2D eigenvalue weighted by Crippen LogP contribution is -2.52. The molecule has 8 nitrogen and oxygen atoms in total. The van der Waals surface area contributed by atoms with Crippen molar-refractivity contribution in [2.45, 2.75) is 23.9 Å². The van der Waals surface area contributed by atoms with Crippen LogP contribution in [0.15, 0.2) is 83.9 Å². The lowest BCUT2D eigenvalue weighted by molar-refractivity contribution is -0.126. The fraction of sp³-hybridized carbons (Fsp3) is 0.154. The van der Waals surface area contributed by atoms with Gasteiger partial charge in [0.15, 0.2) is 0 Å². The Morgan fingerprint density at radius 1 is 0.972 bits per heavy atom. The summed E-state index contributed by atoms with van der Waals surface area (Å²) in [7, 11) is -2.10. The van der Waals surface area contributed by atoms with Crippen LogP contribution >= 0.6 is 11.6 Å². The van der Waals surface area contributed by atoms with Crippen LogP contribution in [0.25, 0.3) is 10.9 Å². The predicted octanol–water partition coefficient (Wildman–Crippen LogP) is 3.78. The molecule has 5 rings (SSSR count). The van der Waals surface area contributed by atoms with E-state index in [1.807, 2.05) is 54.2 Å². The number of hydrazine groups is 1. The second-order valence-electron chi connectivity index (χ2n) is 8.64. The fourth-order valence-corrected chi connectivity index (χ4v) is 5.64. The van der Waals surface area contributed by atoms with Gasteiger partial charge in [-0.1, -0.05) is 48.0 Å². The molecule has 10 heteroatoms. The average molecular weight is 523 g/mol. The van der Waals surface area contributed by atoms with Crippen LogP contribution in [0.5, 0.6) is 0 Å². The number of para-hydroxylation sites is 1. The van der Waals surface area contributed by atoms with Gasteiger partial charge in [-0.2, -0.15) is 0 Å². The van der Waals surface area contributed by atoms with Crippen molar-refractivity contribution in [2.75, 3.05) is 0 Å². The normalized spacial score (nSPS) is 16.2. The van der Waals surface area contributed by atoms with Gasteiger partial charge in [-0.05, 0) is 48.9 Å². The van der Waals surface area contributed by atoms with Crippen molar-refractivity contribution in [2.24, 2.45) is 7.05 Å². The number of carbonyl (C=O) groups excluding carboxylic acids is 2. The maximum Gasteiger partial charge on any atom is 0.257 e. The zero-order chi connectivity index (χ0) is 25.6. The third-order valence-electron chi connectivity index (χ3n) is 6.45. The van der Waals surface area contributed by atoms with Gasteiger partial charge >= 0.3 is 0 Å². The van der Waals surface area contributed by atoms with E-state index in [1.165, 1.54) is 29.2 Å². The van der Waals surface area contributed by atoms with Crippen LogP contribution in [0.4, 0.5) is 0 Å². The highest BCUT2D eigenvalue weighted by Gasteiger charge is 2.43. The first-order chi connectivity index (χ1) is 17.2. The number of carbonyl (C=O) groups is 2. The summed E-state index contributed by atoms with van der Waals surface area (Å²) < 4.78 is 27.2. The standard InChI is InChI=1S/C26H23ClN4O4S/c1-16(25(32)28-29-36(34,35)18-13-11-17(27)12-14-18)31-24(20-8-3-4-9-21(20)26(31)33)22-15-30(2)23-10-6-5-7-19(22)23/h3-16,24,29H,1-2H3,(H,28,32). The number of hydrogen-bond acceptors (Lipinski definition) is 4. The number of sulfonamides is 1. The Hall–Kier alpha value is -3.66. The van der Waals surface area contributed by atoms with Gasteiger partial charge in [0.2, 0.25) is 0 Å². The SMILES string of the molecule is CC(C(=O)NNS(=O)(=O)c1ccc(Cl)cc1)N1C(=O)c2ccccc2C1c1cn(C)c2ccccc12. The molecule has 2 N–H and O–H groups in total. The molecule has 0 saturated heterocycles. The topological polar surface area (TPSA) is 101 Å². The molecule has 1 aromatic heterocycles. The summed E-state index contributed by atoms with van der Waals surface area (Å²) in [6.07, 6.45) is 1.96. The number of aromatic nitrogens is 1. The second kappa shape index (κ2) is 9.09. The second-order valence-corrected chi connectivity index (χ2v) is 10.8. The van der Waals surface area contributed by atoms with Crippen LogP contribution in [0, 0.1) is 0 Å². The van der Waals surface area contributed by atoms with Gasteiger partial charge in [-0.25, -0.2) is 8.42 Å². The third kappa shape index (κ3) is 4.05. The van der Waals surface area contributed by atoms with Crippen LogP contribution < -0.4 is 10.3 Å². The first-order valence-corrected chi connectivity index (χ1v) is 13.1. The van der Waals surface area contributed by atoms with Crippen molar-refractivity contribution in [3.63, 3.8) is 0 Å². The predicted molar refractivity (Wildman–Crippen MR) is 137 cm³/mol. The number of nitrogens with zero attached hydrogens (tertiary/aromatic N) is 2. The molecular formula is C26H23ClN4O4S. The molecule has 184 valence electrons. The Kier molecular flexibility index (Phi) is 6.07. The van der Waals surface area contributed by atoms with Gasteiger partial charge in [0.1, 0.15) is 6.04 Å². The van der Waals surface area contributed by atoms with E-state index in [1.54, 1.807) is 19.1 Å². The Balaban J connectivity index is 1.47. The minimum atomic E-state index is -4.03. The summed E-state index contributed by atoms with van der Waals surface area (Å²) in [6.45, 7) is 1.58. The van der Waals surface area contributed by atoms with Crippen molar-refractivity contribution < 1.29 is 18.0 Å². The Bertz CT molecular complexity index is 1600. The molecular weight excluding hydrogens is 500 g/mol. The van der Waals surface area contributed by atoms with Crippen LogP contribution in [0.3, 0.4) is 0 Å². The number of benzene rings is 3. The van der Waals surface area contributed by atoms with E-state index >= 15 is 0 Å². The largest absolute Gasteiger partial charge is 0.350 e. The maximum absolute atomic E-state index is 13.5. The molecule has 0 radical (unpaired) electrons. The molecule has 0 bridgehead atoms. The fourth-order valence-electron chi connectivity index (χ4n) is 4.67. The summed E-state index contributed by atoms with van der Waals surface area (Å²) in [4.78, 5) is 30.2. The highest BCUT2D eigenvalue weighted by Crippen LogP contribution is 2.42. The maximum atomic E-state index is 13.5. The van der Waals surface area contributed by atoms with E-state index in [0.29, 0.717) is 10.6 Å². The third-order valence-corrected chi connectivity index (χ3v) is 7.97. The molecule has 2 unspecified atom stereocenters. The van der Waals surface area contributed by atoms with E-state index in [4.69, 9.17) is 11.6 Å². The molecule has 3 aromatic carbocycles. The van der Waals surface area contributed by atoms with Crippen molar-refractivity contribution >= 4 is 44.3 Å². The van der Waals surface area contributed by atoms with Gasteiger partial charge in [0.05, 0.1) is 10.9 Å². The van der Waals surface area contributed by atoms with Gasteiger partial charge in [-0.15, -0.1) is 4.83 Å².